The number of halogens is 1. The monoisotopic (exact) mass is 377 g/mol. The first kappa shape index (κ1) is 17.6. The standard InChI is InChI=1S/C17H16ClN3O3S/c1-12-6-2-5-9-15(12)25(22,23)19-11-10-16-20-21-17(24-16)13-7-3-4-8-14(13)18/h2-9,19H,10-11H2,1H3. The number of aryl methyl sites for hydroxylation is 1. The normalized spacial score (nSPS) is 11.6. The molecule has 0 spiro atoms. The molecule has 6 nitrogen and oxygen atoms in total. The maximum Gasteiger partial charge on any atom is 0.249 e. The largest absolute Gasteiger partial charge is 0.421 e. The van der Waals surface area contributed by atoms with Crippen LogP contribution in [0.3, 0.4) is 0 Å². The average Bonchev–Trinajstić information content (AvgIpc) is 3.04. The highest BCUT2D eigenvalue weighted by molar-refractivity contribution is 7.89. The quantitative estimate of drug-likeness (QED) is 0.712. The SMILES string of the molecule is Cc1ccccc1S(=O)(=O)NCCc1nnc(-c2ccccc2Cl)o1. The van der Waals surface area contributed by atoms with E-state index in [-0.39, 0.29) is 17.9 Å². The van der Waals surface area contributed by atoms with Gasteiger partial charge >= 0.3 is 0 Å². The summed E-state index contributed by atoms with van der Waals surface area (Å²) in [7, 11) is -3.57. The number of hydrogen-bond acceptors (Lipinski definition) is 5. The van der Waals surface area contributed by atoms with Gasteiger partial charge in [0.2, 0.25) is 21.8 Å². The summed E-state index contributed by atoms with van der Waals surface area (Å²) in [6.07, 6.45) is 0.280. The van der Waals surface area contributed by atoms with E-state index in [2.05, 4.69) is 14.9 Å². The molecule has 0 saturated heterocycles. The molecule has 130 valence electrons. The lowest BCUT2D eigenvalue weighted by atomic mass is 10.2. The van der Waals surface area contributed by atoms with Crippen LogP contribution >= 0.6 is 11.6 Å². The van der Waals surface area contributed by atoms with Crippen molar-refractivity contribution >= 4 is 21.6 Å². The second-order valence-corrected chi connectivity index (χ2v) is 7.54. The topological polar surface area (TPSA) is 85.1 Å². The number of benzene rings is 2. The maximum absolute atomic E-state index is 12.3. The van der Waals surface area contributed by atoms with Gasteiger partial charge in [-0.1, -0.05) is 41.9 Å². The Kier molecular flexibility index (Phi) is 5.17. The number of nitrogens with one attached hydrogen (secondary N) is 1. The molecule has 0 aliphatic heterocycles. The van der Waals surface area contributed by atoms with Crippen molar-refractivity contribution in [3.8, 4) is 11.5 Å². The zero-order valence-corrected chi connectivity index (χ0v) is 15.0. The van der Waals surface area contributed by atoms with Crippen LogP contribution in [0.5, 0.6) is 0 Å². The summed E-state index contributed by atoms with van der Waals surface area (Å²) in [5.74, 6) is 0.643. The van der Waals surface area contributed by atoms with Gasteiger partial charge in [-0.15, -0.1) is 10.2 Å². The van der Waals surface area contributed by atoms with Gasteiger partial charge in [0, 0.05) is 13.0 Å². The minimum absolute atomic E-state index is 0.154. The summed E-state index contributed by atoms with van der Waals surface area (Å²) in [6, 6.07) is 13.9. The molecule has 2 aromatic carbocycles. The van der Waals surface area contributed by atoms with Crippen LogP contribution < -0.4 is 4.72 Å². The molecule has 0 atom stereocenters. The fraction of sp³-hybridized carbons (Fsp3) is 0.176. The highest BCUT2D eigenvalue weighted by atomic mass is 35.5. The molecule has 3 rings (SSSR count). The molecule has 1 N–H and O–H groups in total. The molecular formula is C17H16ClN3O3S. The van der Waals surface area contributed by atoms with E-state index in [1.807, 2.05) is 12.1 Å². The van der Waals surface area contributed by atoms with Crippen LogP contribution in [0.15, 0.2) is 57.8 Å². The first-order chi connectivity index (χ1) is 12.0. The second kappa shape index (κ2) is 7.35. The lowest BCUT2D eigenvalue weighted by Crippen LogP contribution is -2.26. The molecule has 3 aromatic rings. The number of aromatic nitrogens is 2. The Balaban J connectivity index is 1.65. The molecule has 0 aliphatic carbocycles. The molecule has 1 heterocycles. The highest BCUT2D eigenvalue weighted by Gasteiger charge is 2.17. The van der Waals surface area contributed by atoms with Gasteiger partial charge < -0.3 is 4.42 Å². The van der Waals surface area contributed by atoms with Gasteiger partial charge in [0.15, 0.2) is 0 Å². The first-order valence-electron chi connectivity index (χ1n) is 7.60. The molecule has 1 aromatic heterocycles. The Morgan fingerprint density at radius 3 is 2.56 bits per heavy atom. The minimum Gasteiger partial charge on any atom is -0.421 e. The number of nitrogens with zero attached hydrogens (tertiary/aromatic N) is 2. The van der Waals surface area contributed by atoms with Crippen LogP contribution in [-0.2, 0) is 16.4 Å². The van der Waals surface area contributed by atoms with Crippen LogP contribution in [0.1, 0.15) is 11.5 Å². The summed E-state index contributed by atoms with van der Waals surface area (Å²) >= 11 is 6.10. The number of rotatable bonds is 6. The van der Waals surface area contributed by atoms with E-state index in [9.17, 15) is 8.42 Å². The van der Waals surface area contributed by atoms with Gasteiger partial charge in [-0.2, -0.15) is 0 Å². The van der Waals surface area contributed by atoms with E-state index >= 15 is 0 Å². The molecular weight excluding hydrogens is 362 g/mol. The smallest absolute Gasteiger partial charge is 0.249 e. The summed E-state index contributed by atoms with van der Waals surface area (Å²) in [6.45, 7) is 1.91. The van der Waals surface area contributed by atoms with Gasteiger partial charge in [-0.3, -0.25) is 0 Å². The van der Waals surface area contributed by atoms with Crippen LogP contribution in [0.25, 0.3) is 11.5 Å². The van der Waals surface area contributed by atoms with Gasteiger partial charge in [0.05, 0.1) is 15.5 Å². The molecule has 8 heteroatoms. The lowest BCUT2D eigenvalue weighted by Gasteiger charge is -2.07. The third kappa shape index (κ3) is 4.07. The fourth-order valence-electron chi connectivity index (χ4n) is 2.33. The van der Waals surface area contributed by atoms with Crippen LogP contribution in [0.2, 0.25) is 5.02 Å². The Hall–Kier alpha value is -2.22. The van der Waals surface area contributed by atoms with Gasteiger partial charge in [-0.25, -0.2) is 13.1 Å². The van der Waals surface area contributed by atoms with Crippen LogP contribution in [-0.4, -0.2) is 25.2 Å². The second-order valence-electron chi connectivity index (χ2n) is 5.39. The Morgan fingerprint density at radius 1 is 1.08 bits per heavy atom. The van der Waals surface area contributed by atoms with E-state index in [1.165, 1.54) is 0 Å². The van der Waals surface area contributed by atoms with Gasteiger partial charge in [0.25, 0.3) is 0 Å². The maximum atomic E-state index is 12.3. The number of sulfonamides is 1. The predicted octanol–water partition coefficient (Wildman–Crippen LogP) is 3.22. The molecule has 0 amide bonds. The molecule has 0 aliphatic rings. The van der Waals surface area contributed by atoms with Crippen molar-refractivity contribution in [2.24, 2.45) is 0 Å². The third-order valence-corrected chi connectivity index (χ3v) is 5.54. The van der Waals surface area contributed by atoms with Crippen molar-refractivity contribution in [3.63, 3.8) is 0 Å². The summed E-state index contributed by atoms with van der Waals surface area (Å²) < 4.78 is 32.7. The molecule has 25 heavy (non-hydrogen) atoms. The van der Waals surface area contributed by atoms with Gasteiger partial charge in [-0.05, 0) is 30.7 Å². The van der Waals surface area contributed by atoms with E-state index in [4.69, 9.17) is 16.0 Å². The third-order valence-electron chi connectivity index (χ3n) is 3.59. The van der Waals surface area contributed by atoms with Crippen molar-refractivity contribution in [1.82, 2.24) is 14.9 Å². The molecule has 0 bridgehead atoms. The van der Waals surface area contributed by atoms with Crippen molar-refractivity contribution in [3.05, 3.63) is 65.0 Å². The first-order valence-corrected chi connectivity index (χ1v) is 9.46. The van der Waals surface area contributed by atoms with Crippen LogP contribution in [0, 0.1) is 6.92 Å². The molecule has 0 unspecified atom stereocenters. The number of hydrogen-bond donors (Lipinski definition) is 1. The highest BCUT2D eigenvalue weighted by Crippen LogP contribution is 2.26. The van der Waals surface area contributed by atoms with Crippen molar-refractivity contribution in [1.29, 1.82) is 0 Å². The average molecular weight is 378 g/mol. The Morgan fingerprint density at radius 2 is 1.80 bits per heavy atom. The summed E-state index contributed by atoms with van der Waals surface area (Å²) in [5.41, 5.74) is 1.33. The Bertz CT molecular complexity index is 986. The molecule has 0 saturated carbocycles. The summed E-state index contributed by atoms with van der Waals surface area (Å²) in [5, 5.41) is 8.40. The van der Waals surface area contributed by atoms with Crippen molar-refractivity contribution in [2.45, 2.75) is 18.2 Å². The van der Waals surface area contributed by atoms with E-state index in [1.54, 1.807) is 43.3 Å². The van der Waals surface area contributed by atoms with E-state index < -0.39 is 10.0 Å². The zero-order valence-electron chi connectivity index (χ0n) is 13.4. The molecule has 0 fully saturated rings. The predicted molar refractivity (Wildman–Crippen MR) is 94.8 cm³/mol. The Labute approximate surface area is 150 Å². The van der Waals surface area contributed by atoms with Crippen LogP contribution in [0.4, 0.5) is 0 Å². The lowest BCUT2D eigenvalue weighted by molar-refractivity contribution is 0.502. The van der Waals surface area contributed by atoms with Crippen molar-refractivity contribution < 1.29 is 12.8 Å². The molecule has 0 radical (unpaired) electrons. The van der Waals surface area contributed by atoms with Gasteiger partial charge in [0.1, 0.15) is 0 Å². The van der Waals surface area contributed by atoms with Crippen molar-refractivity contribution in [2.75, 3.05) is 6.54 Å². The van der Waals surface area contributed by atoms with E-state index in [0.717, 1.165) is 0 Å². The summed E-state index contributed by atoms with van der Waals surface area (Å²) in [4.78, 5) is 0.261. The van der Waals surface area contributed by atoms with E-state index in [0.29, 0.717) is 27.9 Å². The minimum atomic E-state index is -3.57. The fourth-order valence-corrected chi connectivity index (χ4v) is 3.82. The zero-order chi connectivity index (χ0) is 17.9.